The molecule has 0 bridgehead atoms. The summed E-state index contributed by atoms with van der Waals surface area (Å²) >= 11 is 0. The van der Waals surface area contributed by atoms with Crippen LogP contribution in [-0.2, 0) is 10.0 Å². The molecule has 110 valence electrons. The van der Waals surface area contributed by atoms with E-state index in [4.69, 9.17) is 5.11 Å². The first-order chi connectivity index (χ1) is 9.34. The number of anilines is 1. The van der Waals surface area contributed by atoms with Crippen molar-refractivity contribution in [1.82, 2.24) is 0 Å². The maximum atomic E-state index is 13.8. The number of aliphatic hydroxyl groups excluding tert-OH is 1. The Labute approximate surface area is 119 Å². The van der Waals surface area contributed by atoms with Gasteiger partial charge in [-0.05, 0) is 24.1 Å². The number of sulfonamides is 1. The Hall–Kier alpha value is -1.58. The smallest absolute Gasteiger partial charge is 0.233 e. The molecule has 0 aliphatic rings. The monoisotopic (exact) mass is 299 g/mol. The fourth-order valence-corrected chi connectivity index (χ4v) is 3.01. The summed E-state index contributed by atoms with van der Waals surface area (Å²) < 4.78 is 39.5. The molecule has 0 fully saturated rings. The van der Waals surface area contributed by atoms with E-state index in [9.17, 15) is 12.8 Å². The van der Waals surface area contributed by atoms with E-state index in [0.29, 0.717) is 12.0 Å². The quantitative estimate of drug-likeness (QED) is 0.817. The third-order valence-electron chi connectivity index (χ3n) is 2.26. The van der Waals surface area contributed by atoms with Gasteiger partial charge < -0.3 is 5.11 Å². The van der Waals surface area contributed by atoms with E-state index in [1.807, 2.05) is 0 Å². The summed E-state index contributed by atoms with van der Waals surface area (Å²) in [6.07, 6.45) is 0.310. The first kappa shape index (κ1) is 16.5. The zero-order valence-corrected chi connectivity index (χ0v) is 12.3. The average molecular weight is 299 g/mol. The lowest BCUT2D eigenvalue weighted by molar-refractivity contribution is 0.305. The zero-order valence-electron chi connectivity index (χ0n) is 11.5. The molecule has 1 aromatic carbocycles. The molecule has 20 heavy (non-hydrogen) atoms. The third kappa shape index (κ3) is 5.59. The minimum Gasteiger partial charge on any atom is -0.395 e. The van der Waals surface area contributed by atoms with Crippen LogP contribution in [0, 0.1) is 23.6 Å². The van der Waals surface area contributed by atoms with Crippen molar-refractivity contribution in [2.45, 2.75) is 20.3 Å². The van der Waals surface area contributed by atoms with E-state index >= 15 is 0 Å². The topological polar surface area (TPSA) is 66.4 Å². The van der Waals surface area contributed by atoms with Gasteiger partial charge in [0.25, 0.3) is 0 Å². The lowest BCUT2D eigenvalue weighted by Crippen LogP contribution is -2.20. The van der Waals surface area contributed by atoms with Gasteiger partial charge in [0.05, 0.1) is 18.0 Å². The second kappa shape index (κ2) is 7.27. The number of aliphatic hydroxyl groups is 1. The van der Waals surface area contributed by atoms with Crippen LogP contribution in [0.3, 0.4) is 0 Å². The van der Waals surface area contributed by atoms with E-state index < -0.39 is 15.8 Å². The molecule has 6 heteroatoms. The second-order valence-corrected chi connectivity index (χ2v) is 6.51. The zero-order chi connectivity index (χ0) is 15.2. The minimum atomic E-state index is -3.55. The summed E-state index contributed by atoms with van der Waals surface area (Å²) in [7, 11) is -3.55. The van der Waals surface area contributed by atoms with Gasteiger partial charge in [-0.1, -0.05) is 25.7 Å². The minimum absolute atomic E-state index is 0.0424. The first-order valence-corrected chi connectivity index (χ1v) is 7.89. The van der Waals surface area contributed by atoms with Crippen LogP contribution in [0.25, 0.3) is 0 Å². The highest BCUT2D eigenvalue weighted by molar-refractivity contribution is 7.92. The summed E-state index contributed by atoms with van der Waals surface area (Å²) in [5.41, 5.74) is 0.348. The molecule has 0 aliphatic carbocycles. The van der Waals surface area contributed by atoms with Gasteiger partial charge in [-0.3, -0.25) is 4.72 Å². The van der Waals surface area contributed by atoms with Gasteiger partial charge in [-0.25, -0.2) is 12.8 Å². The van der Waals surface area contributed by atoms with E-state index in [0.717, 1.165) is 6.07 Å². The molecule has 4 nitrogen and oxygen atoms in total. The van der Waals surface area contributed by atoms with Gasteiger partial charge in [-0.15, -0.1) is 0 Å². The molecule has 0 aliphatic heterocycles. The Balaban J connectivity index is 2.87. The lowest BCUT2D eigenvalue weighted by Gasteiger charge is -2.10. The molecular weight excluding hydrogens is 281 g/mol. The molecule has 0 amide bonds. The summed E-state index contributed by atoms with van der Waals surface area (Å²) in [4.78, 5) is 0. The molecule has 1 aromatic rings. The van der Waals surface area contributed by atoms with Crippen molar-refractivity contribution in [1.29, 1.82) is 0 Å². The van der Waals surface area contributed by atoms with Gasteiger partial charge in [0.1, 0.15) is 5.82 Å². The van der Waals surface area contributed by atoms with Crippen LogP contribution < -0.4 is 4.72 Å². The Morgan fingerprint density at radius 3 is 2.65 bits per heavy atom. The van der Waals surface area contributed by atoms with Crippen LogP contribution in [0.1, 0.15) is 25.8 Å². The molecule has 0 heterocycles. The van der Waals surface area contributed by atoms with Crippen molar-refractivity contribution in [2.24, 2.45) is 5.92 Å². The highest BCUT2D eigenvalue weighted by atomic mass is 32.2. The summed E-state index contributed by atoms with van der Waals surface area (Å²) in [6, 6.07) is 4.04. The van der Waals surface area contributed by atoms with Crippen molar-refractivity contribution >= 4 is 15.7 Å². The molecule has 1 rings (SSSR count). The molecule has 0 spiro atoms. The number of hydrogen-bond acceptors (Lipinski definition) is 3. The van der Waals surface area contributed by atoms with Crippen LogP contribution >= 0.6 is 0 Å². The Morgan fingerprint density at radius 2 is 2.10 bits per heavy atom. The summed E-state index contributed by atoms with van der Waals surface area (Å²) in [6.45, 7) is 3.49. The van der Waals surface area contributed by atoms with Crippen molar-refractivity contribution in [2.75, 3.05) is 17.1 Å². The van der Waals surface area contributed by atoms with Gasteiger partial charge in [-0.2, -0.15) is 0 Å². The van der Waals surface area contributed by atoms with E-state index in [1.165, 1.54) is 12.1 Å². The fraction of sp³-hybridized carbons (Fsp3) is 0.429. The fourth-order valence-electron chi connectivity index (χ4n) is 1.54. The van der Waals surface area contributed by atoms with Gasteiger partial charge >= 0.3 is 0 Å². The Bertz CT molecular complexity index is 615. The predicted molar refractivity (Wildman–Crippen MR) is 77.2 cm³/mol. The van der Waals surface area contributed by atoms with Crippen molar-refractivity contribution in [3.63, 3.8) is 0 Å². The number of rotatable bonds is 5. The second-order valence-electron chi connectivity index (χ2n) is 4.75. The molecule has 0 aromatic heterocycles. The van der Waals surface area contributed by atoms with Gasteiger partial charge in [0.15, 0.2) is 0 Å². The molecule has 0 radical (unpaired) electrons. The average Bonchev–Trinajstić information content (AvgIpc) is 2.31. The van der Waals surface area contributed by atoms with Crippen LogP contribution in [0.5, 0.6) is 0 Å². The molecule has 0 saturated carbocycles. The third-order valence-corrected chi connectivity index (χ3v) is 3.89. The summed E-state index contributed by atoms with van der Waals surface area (Å²) in [5.74, 6) is 4.57. The highest BCUT2D eigenvalue weighted by Crippen LogP contribution is 2.17. The largest absolute Gasteiger partial charge is 0.395 e. The molecule has 0 unspecified atom stereocenters. The van der Waals surface area contributed by atoms with Gasteiger partial charge in [0, 0.05) is 12.0 Å². The normalized spacial score (nSPS) is 11.1. The number of benzene rings is 1. The maximum absolute atomic E-state index is 13.8. The van der Waals surface area contributed by atoms with E-state index in [2.05, 4.69) is 16.6 Å². The summed E-state index contributed by atoms with van der Waals surface area (Å²) in [5, 5.41) is 8.59. The number of hydrogen-bond donors (Lipinski definition) is 2. The maximum Gasteiger partial charge on any atom is 0.233 e. The lowest BCUT2D eigenvalue weighted by atomic mass is 10.2. The van der Waals surface area contributed by atoms with Crippen LogP contribution in [0.2, 0.25) is 0 Å². The van der Waals surface area contributed by atoms with Crippen LogP contribution in [0.4, 0.5) is 10.1 Å². The Kier molecular flexibility index (Phi) is 5.99. The predicted octanol–water partition coefficient (Wildman–Crippen LogP) is 1.96. The van der Waals surface area contributed by atoms with Crippen LogP contribution in [-0.4, -0.2) is 25.9 Å². The van der Waals surface area contributed by atoms with E-state index in [-0.39, 0.29) is 24.0 Å². The highest BCUT2D eigenvalue weighted by Gasteiger charge is 2.15. The van der Waals surface area contributed by atoms with Crippen LogP contribution in [0.15, 0.2) is 18.2 Å². The van der Waals surface area contributed by atoms with Crippen molar-refractivity contribution in [3.8, 4) is 11.8 Å². The molecule has 0 saturated heterocycles. The molecule has 2 N–H and O–H groups in total. The standard InChI is InChI=1S/C14H18FNO3S/c1-11(2)10-20(18,19)16-14-7-6-12(9-13(14)15)5-3-4-8-17/h6-7,9,11,16-17H,4,8,10H2,1-2H3. The molecular formula is C14H18FNO3S. The van der Waals surface area contributed by atoms with Gasteiger partial charge in [0.2, 0.25) is 10.0 Å². The number of halogens is 1. The number of nitrogens with one attached hydrogen (secondary N) is 1. The van der Waals surface area contributed by atoms with Crippen molar-refractivity contribution < 1.29 is 17.9 Å². The Morgan fingerprint density at radius 1 is 1.40 bits per heavy atom. The van der Waals surface area contributed by atoms with E-state index in [1.54, 1.807) is 13.8 Å². The van der Waals surface area contributed by atoms with Crippen molar-refractivity contribution in [3.05, 3.63) is 29.6 Å². The SMILES string of the molecule is CC(C)CS(=O)(=O)Nc1ccc(C#CCCO)cc1F. The first-order valence-electron chi connectivity index (χ1n) is 6.24. The molecule has 0 atom stereocenters.